The van der Waals surface area contributed by atoms with Gasteiger partial charge in [0.15, 0.2) is 5.76 Å². The Labute approximate surface area is 134 Å². The first-order valence-corrected chi connectivity index (χ1v) is 7.40. The Morgan fingerprint density at radius 2 is 2.04 bits per heavy atom. The Balaban J connectivity index is 1.62. The van der Waals surface area contributed by atoms with Crippen LogP contribution in [0, 0.1) is 0 Å². The first-order valence-electron chi connectivity index (χ1n) is 7.40. The van der Waals surface area contributed by atoms with Crippen molar-refractivity contribution < 1.29 is 18.7 Å². The van der Waals surface area contributed by atoms with Gasteiger partial charge in [-0.2, -0.15) is 0 Å². The van der Waals surface area contributed by atoms with E-state index in [-0.39, 0.29) is 17.6 Å². The van der Waals surface area contributed by atoms with Gasteiger partial charge in [0.25, 0.3) is 5.91 Å². The molecular weight excluding hydrogens is 296 g/mol. The highest BCUT2D eigenvalue weighted by atomic mass is 16.5. The normalized spacial score (nSPS) is 10.1. The van der Waals surface area contributed by atoms with Gasteiger partial charge in [0, 0.05) is 19.5 Å². The Morgan fingerprint density at radius 1 is 1.17 bits per heavy atom. The number of hydrogen-bond acceptors (Lipinski definition) is 4. The van der Waals surface area contributed by atoms with Crippen LogP contribution < -0.4 is 15.4 Å². The van der Waals surface area contributed by atoms with Crippen LogP contribution in [0.3, 0.4) is 0 Å². The maximum atomic E-state index is 11.8. The monoisotopic (exact) mass is 316 g/mol. The van der Waals surface area contributed by atoms with E-state index in [2.05, 4.69) is 10.6 Å². The van der Waals surface area contributed by atoms with Gasteiger partial charge < -0.3 is 19.8 Å². The molecule has 1 aromatic heterocycles. The molecule has 6 heteroatoms. The van der Waals surface area contributed by atoms with Crippen LogP contribution in [0.15, 0.2) is 47.1 Å². The number of amides is 2. The van der Waals surface area contributed by atoms with Crippen LogP contribution in [0.5, 0.6) is 5.75 Å². The van der Waals surface area contributed by atoms with E-state index in [0.29, 0.717) is 25.9 Å². The number of methoxy groups -OCH3 is 1. The third kappa shape index (κ3) is 5.50. The summed E-state index contributed by atoms with van der Waals surface area (Å²) in [6.07, 6.45) is 2.36. The average molecular weight is 316 g/mol. The summed E-state index contributed by atoms with van der Waals surface area (Å²) in [5.74, 6) is 0.705. The molecule has 0 aliphatic carbocycles. The predicted octanol–water partition coefficient (Wildman–Crippen LogP) is 2.11. The summed E-state index contributed by atoms with van der Waals surface area (Å²) < 4.78 is 10.1. The van der Waals surface area contributed by atoms with E-state index in [9.17, 15) is 9.59 Å². The smallest absolute Gasteiger partial charge is 0.286 e. The fraction of sp³-hybridized carbons (Fsp3) is 0.294. The van der Waals surface area contributed by atoms with Crippen molar-refractivity contribution >= 4 is 11.8 Å². The summed E-state index contributed by atoms with van der Waals surface area (Å²) in [5.41, 5.74) is 0.976. The van der Waals surface area contributed by atoms with Gasteiger partial charge in [0.05, 0.1) is 13.4 Å². The lowest BCUT2D eigenvalue weighted by Crippen LogP contribution is -2.27. The van der Waals surface area contributed by atoms with Crippen molar-refractivity contribution in [2.45, 2.75) is 19.4 Å². The molecule has 0 fully saturated rings. The Morgan fingerprint density at radius 3 is 2.78 bits per heavy atom. The SMILES string of the molecule is COc1cccc(CNC(=O)CCCNC(=O)c2ccco2)c1. The summed E-state index contributed by atoms with van der Waals surface area (Å²) >= 11 is 0. The van der Waals surface area contributed by atoms with Gasteiger partial charge in [0.1, 0.15) is 5.75 Å². The fourth-order valence-corrected chi connectivity index (χ4v) is 2.02. The summed E-state index contributed by atoms with van der Waals surface area (Å²) in [4.78, 5) is 23.4. The second kappa shape index (κ2) is 8.63. The van der Waals surface area contributed by atoms with E-state index in [4.69, 9.17) is 9.15 Å². The van der Waals surface area contributed by atoms with Crippen LogP contribution in [0.25, 0.3) is 0 Å². The van der Waals surface area contributed by atoms with E-state index >= 15 is 0 Å². The molecule has 2 amide bonds. The second-order valence-electron chi connectivity index (χ2n) is 4.97. The number of carbonyl (C=O) groups is 2. The molecule has 0 unspecified atom stereocenters. The topological polar surface area (TPSA) is 80.6 Å². The molecule has 0 atom stereocenters. The van der Waals surface area contributed by atoms with E-state index in [1.807, 2.05) is 24.3 Å². The van der Waals surface area contributed by atoms with Crippen LogP contribution >= 0.6 is 0 Å². The van der Waals surface area contributed by atoms with Crippen LogP contribution in [-0.2, 0) is 11.3 Å². The number of ether oxygens (including phenoxy) is 1. The Hall–Kier alpha value is -2.76. The molecule has 0 bridgehead atoms. The average Bonchev–Trinajstić information content (AvgIpc) is 3.11. The van der Waals surface area contributed by atoms with Gasteiger partial charge in [0.2, 0.25) is 5.91 Å². The highest BCUT2D eigenvalue weighted by molar-refractivity contribution is 5.91. The zero-order valence-electron chi connectivity index (χ0n) is 13.0. The molecule has 1 aromatic carbocycles. The minimum Gasteiger partial charge on any atom is -0.497 e. The number of carbonyl (C=O) groups excluding carboxylic acids is 2. The Bertz CT molecular complexity index is 638. The molecule has 122 valence electrons. The first-order chi connectivity index (χ1) is 11.2. The third-order valence-corrected chi connectivity index (χ3v) is 3.23. The van der Waals surface area contributed by atoms with E-state index < -0.39 is 0 Å². The zero-order valence-corrected chi connectivity index (χ0v) is 13.0. The van der Waals surface area contributed by atoms with Crippen molar-refractivity contribution in [3.63, 3.8) is 0 Å². The summed E-state index contributed by atoms with van der Waals surface area (Å²) in [6.45, 7) is 0.876. The highest BCUT2D eigenvalue weighted by Crippen LogP contribution is 2.12. The number of nitrogens with one attached hydrogen (secondary N) is 2. The van der Waals surface area contributed by atoms with Crippen LogP contribution in [0.4, 0.5) is 0 Å². The number of hydrogen-bond donors (Lipinski definition) is 2. The first kappa shape index (κ1) is 16.6. The number of furan rings is 1. The molecular formula is C17H20N2O4. The molecule has 2 rings (SSSR count). The third-order valence-electron chi connectivity index (χ3n) is 3.23. The molecule has 0 spiro atoms. The largest absolute Gasteiger partial charge is 0.497 e. The molecule has 0 aliphatic heterocycles. The predicted molar refractivity (Wildman–Crippen MR) is 85.1 cm³/mol. The number of rotatable bonds is 8. The van der Waals surface area contributed by atoms with E-state index in [1.54, 1.807) is 19.2 Å². The molecule has 2 N–H and O–H groups in total. The molecule has 23 heavy (non-hydrogen) atoms. The van der Waals surface area contributed by atoms with Crippen molar-refractivity contribution in [1.29, 1.82) is 0 Å². The van der Waals surface area contributed by atoms with Crippen molar-refractivity contribution in [1.82, 2.24) is 10.6 Å². The molecule has 0 aliphatic rings. The summed E-state index contributed by atoms with van der Waals surface area (Å²) in [5, 5.41) is 5.54. The van der Waals surface area contributed by atoms with Gasteiger partial charge in [-0.25, -0.2) is 0 Å². The summed E-state index contributed by atoms with van der Waals surface area (Å²) in [6, 6.07) is 10.8. The minimum absolute atomic E-state index is 0.0555. The van der Waals surface area contributed by atoms with E-state index in [1.165, 1.54) is 6.26 Å². The maximum absolute atomic E-state index is 11.8. The van der Waals surface area contributed by atoms with Crippen molar-refractivity contribution in [2.75, 3.05) is 13.7 Å². The fourth-order valence-electron chi connectivity index (χ4n) is 2.02. The second-order valence-corrected chi connectivity index (χ2v) is 4.97. The van der Waals surface area contributed by atoms with Crippen LogP contribution in [-0.4, -0.2) is 25.5 Å². The molecule has 2 aromatic rings. The lowest BCUT2D eigenvalue weighted by Gasteiger charge is -2.07. The van der Waals surface area contributed by atoms with Crippen LogP contribution in [0.1, 0.15) is 29.0 Å². The van der Waals surface area contributed by atoms with Gasteiger partial charge >= 0.3 is 0 Å². The van der Waals surface area contributed by atoms with Gasteiger partial charge in [-0.05, 0) is 36.2 Å². The van der Waals surface area contributed by atoms with Crippen molar-refractivity contribution in [2.24, 2.45) is 0 Å². The molecule has 6 nitrogen and oxygen atoms in total. The van der Waals surface area contributed by atoms with Gasteiger partial charge in [-0.15, -0.1) is 0 Å². The molecule has 0 radical (unpaired) electrons. The maximum Gasteiger partial charge on any atom is 0.286 e. The highest BCUT2D eigenvalue weighted by Gasteiger charge is 2.07. The summed E-state index contributed by atoms with van der Waals surface area (Å²) in [7, 11) is 1.61. The van der Waals surface area contributed by atoms with Crippen molar-refractivity contribution in [3.8, 4) is 5.75 Å². The molecule has 0 saturated carbocycles. The lowest BCUT2D eigenvalue weighted by atomic mass is 10.2. The zero-order chi connectivity index (χ0) is 16.5. The quantitative estimate of drug-likeness (QED) is 0.731. The lowest BCUT2D eigenvalue weighted by molar-refractivity contribution is -0.121. The van der Waals surface area contributed by atoms with Gasteiger partial charge in [-0.3, -0.25) is 9.59 Å². The van der Waals surface area contributed by atoms with Crippen LogP contribution in [0.2, 0.25) is 0 Å². The minimum atomic E-state index is -0.271. The van der Waals surface area contributed by atoms with E-state index in [0.717, 1.165) is 11.3 Å². The Kier molecular flexibility index (Phi) is 6.23. The molecule has 1 heterocycles. The molecule has 0 saturated heterocycles. The standard InChI is InChI=1S/C17H20N2O4/c1-22-14-6-2-5-13(11-14)12-19-16(20)8-3-9-18-17(21)15-7-4-10-23-15/h2,4-7,10-11H,3,8-9,12H2,1H3,(H,18,21)(H,19,20). The van der Waals surface area contributed by atoms with Crippen molar-refractivity contribution in [3.05, 3.63) is 54.0 Å². The van der Waals surface area contributed by atoms with Gasteiger partial charge in [-0.1, -0.05) is 12.1 Å². The number of benzene rings is 1.